The highest BCUT2D eigenvalue weighted by Gasteiger charge is 2.09. The van der Waals surface area contributed by atoms with Crippen LogP contribution in [0.1, 0.15) is 31.8 Å². The predicted octanol–water partition coefficient (Wildman–Crippen LogP) is 4.68. The minimum atomic E-state index is -0.328. The molecular formula is C24H21N3O2. The van der Waals surface area contributed by atoms with Gasteiger partial charge in [-0.25, -0.2) is 5.43 Å². The highest BCUT2D eigenvalue weighted by Crippen LogP contribution is 2.13. The highest BCUT2D eigenvalue weighted by atomic mass is 16.2. The van der Waals surface area contributed by atoms with E-state index in [1.165, 1.54) is 6.21 Å². The van der Waals surface area contributed by atoms with Crippen molar-refractivity contribution < 1.29 is 9.59 Å². The van der Waals surface area contributed by atoms with E-state index in [1.54, 1.807) is 36.4 Å². The maximum Gasteiger partial charge on any atom is 0.271 e. The Kier molecular flexibility index (Phi) is 6.68. The number of benzene rings is 3. The molecule has 0 bridgehead atoms. The van der Waals surface area contributed by atoms with Crippen molar-refractivity contribution in [3.63, 3.8) is 0 Å². The largest absolute Gasteiger partial charge is 0.322 e. The second kappa shape index (κ2) is 9.80. The SMILES string of the molecule is Cc1ccccc1C(=O)Nc1ccc(C(=O)N/N=C/C=C/c2ccccc2)cc1. The van der Waals surface area contributed by atoms with Gasteiger partial charge >= 0.3 is 0 Å². The van der Waals surface area contributed by atoms with Crippen molar-refractivity contribution in [2.45, 2.75) is 6.92 Å². The summed E-state index contributed by atoms with van der Waals surface area (Å²) in [5, 5.41) is 6.73. The number of amides is 2. The van der Waals surface area contributed by atoms with Crippen LogP contribution in [0, 0.1) is 6.92 Å². The zero-order chi connectivity index (χ0) is 20.5. The summed E-state index contributed by atoms with van der Waals surface area (Å²) in [6, 6.07) is 23.8. The molecule has 0 saturated carbocycles. The van der Waals surface area contributed by atoms with Crippen LogP contribution in [0.2, 0.25) is 0 Å². The zero-order valence-corrected chi connectivity index (χ0v) is 16.0. The molecule has 3 aromatic carbocycles. The van der Waals surface area contributed by atoms with E-state index in [1.807, 2.05) is 61.5 Å². The van der Waals surface area contributed by atoms with Gasteiger partial charge in [0.05, 0.1) is 0 Å². The van der Waals surface area contributed by atoms with E-state index < -0.39 is 0 Å². The van der Waals surface area contributed by atoms with Gasteiger partial charge in [0.25, 0.3) is 11.8 Å². The van der Waals surface area contributed by atoms with Gasteiger partial charge in [-0.1, -0.05) is 54.6 Å². The summed E-state index contributed by atoms with van der Waals surface area (Å²) in [7, 11) is 0. The summed E-state index contributed by atoms with van der Waals surface area (Å²) in [5.41, 5.74) is 6.10. The topological polar surface area (TPSA) is 70.6 Å². The van der Waals surface area contributed by atoms with Gasteiger partial charge in [0, 0.05) is 23.0 Å². The molecule has 3 aromatic rings. The minimum Gasteiger partial charge on any atom is -0.322 e. The fourth-order valence-electron chi connectivity index (χ4n) is 2.65. The van der Waals surface area contributed by atoms with Crippen LogP contribution in [0.5, 0.6) is 0 Å². The van der Waals surface area contributed by atoms with Crippen molar-refractivity contribution in [1.82, 2.24) is 5.43 Å². The lowest BCUT2D eigenvalue weighted by atomic mass is 10.1. The van der Waals surface area contributed by atoms with Crippen LogP contribution in [0.25, 0.3) is 6.08 Å². The Morgan fingerprint density at radius 3 is 2.24 bits per heavy atom. The molecule has 0 aliphatic heterocycles. The number of nitrogens with one attached hydrogen (secondary N) is 2. The van der Waals surface area contributed by atoms with E-state index in [4.69, 9.17) is 0 Å². The van der Waals surface area contributed by atoms with Crippen molar-refractivity contribution in [2.24, 2.45) is 5.10 Å². The van der Waals surface area contributed by atoms with Gasteiger partial charge < -0.3 is 5.32 Å². The summed E-state index contributed by atoms with van der Waals surface area (Å²) in [5.74, 6) is -0.513. The van der Waals surface area contributed by atoms with Crippen molar-refractivity contribution >= 4 is 29.8 Å². The molecule has 144 valence electrons. The quantitative estimate of drug-likeness (QED) is 0.479. The molecule has 29 heavy (non-hydrogen) atoms. The van der Waals surface area contributed by atoms with Crippen molar-refractivity contribution in [1.29, 1.82) is 0 Å². The van der Waals surface area contributed by atoms with Gasteiger partial charge in [-0.2, -0.15) is 5.10 Å². The van der Waals surface area contributed by atoms with Crippen LogP contribution in [0.3, 0.4) is 0 Å². The number of carbonyl (C=O) groups excluding carboxylic acids is 2. The predicted molar refractivity (Wildman–Crippen MR) is 117 cm³/mol. The van der Waals surface area contributed by atoms with Crippen LogP contribution < -0.4 is 10.7 Å². The number of aryl methyl sites for hydroxylation is 1. The maximum absolute atomic E-state index is 12.3. The van der Waals surface area contributed by atoms with Crippen molar-refractivity contribution in [3.05, 3.63) is 107 Å². The third-order valence-corrected chi connectivity index (χ3v) is 4.21. The molecule has 2 N–H and O–H groups in total. The summed E-state index contributed by atoms with van der Waals surface area (Å²) in [4.78, 5) is 24.5. The molecule has 0 atom stereocenters. The van der Waals surface area contributed by atoms with Crippen LogP contribution in [-0.2, 0) is 0 Å². The summed E-state index contributed by atoms with van der Waals surface area (Å²) in [6.07, 6.45) is 5.16. The first-order valence-electron chi connectivity index (χ1n) is 9.15. The molecule has 0 spiro atoms. The Hall–Kier alpha value is -3.99. The molecule has 0 aliphatic rings. The number of hydrogen-bond donors (Lipinski definition) is 2. The molecule has 0 fully saturated rings. The Morgan fingerprint density at radius 2 is 1.52 bits per heavy atom. The molecule has 0 heterocycles. The van der Waals surface area contributed by atoms with E-state index >= 15 is 0 Å². The van der Waals surface area contributed by atoms with E-state index in [-0.39, 0.29) is 11.8 Å². The van der Waals surface area contributed by atoms with E-state index in [9.17, 15) is 9.59 Å². The number of carbonyl (C=O) groups is 2. The van der Waals surface area contributed by atoms with Gasteiger partial charge in [0.15, 0.2) is 0 Å². The summed E-state index contributed by atoms with van der Waals surface area (Å²) in [6.45, 7) is 1.89. The second-order valence-corrected chi connectivity index (χ2v) is 6.34. The van der Waals surface area contributed by atoms with Crippen LogP contribution in [0.15, 0.2) is 90.0 Å². The second-order valence-electron chi connectivity index (χ2n) is 6.34. The Morgan fingerprint density at radius 1 is 0.828 bits per heavy atom. The lowest BCUT2D eigenvalue weighted by Gasteiger charge is -2.08. The van der Waals surface area contributed by atoms with Gasteiger partial charge in [-0.15, -0.1) is 0 Å². The average molecular weight is 383 g/mol. The molecule has 3 rings (SSSR count). The summed E-state index contributed by atoms with van der Waals surface area (Å²) >= 11 is 0. The Balaban J connectivity index is 1.53. The Labute approximate surface area is 169 Å². The van der Waals surface area contributed by atoms with E-state index in [0.29, 0.717) is 16.8 Å². The fraction of sp³-hybridized carbons (Fsp3) is 0.0417. The first-order valence-corrected chi connectivity index (χ1v) is 9.15. The third-order valence-electron chi connectivity index (χ3n) is 4.21. The first kappa shape index (κ1) is 19.8. The van der Waals surface area contributed by atoms with Crippen LogP contribution in [-0.4, -0.2) is 18.0 Å². The molecule has 0 saturated heterocycles. The molecular weight excluding hydrogens is 362 g/mol. The van der Waals surface area contributed by atoms with Crippen LogP contribution in [0.4, 0.5) is 5.69 Å². The third kappa shape index (κ3) is 5.74. The smallest absolute Gasteiger partial charge is 0.271 e. The van der Waals surface area contributed by atoms with Crippen molar-refractivity contribution in [2.75, 3.05) is 5.32 Å². The standard InChI is InChI=1S/C24H21N3O2/c1-18-8-5-6-12-22(18)24(29)26-21-15-13-20(14-16-21)23(28)27-25-17-7-11-19-9-3-2-4-10-19/h2-17H,1H3,(H,26,29)(H,27,28)/b11-7+,25-17+. The number of anilines is 1. The number of nitrogens with zero attached hydrogens (tertiary/aromatic N) is 1. The van der Waals surface area contributed by atoms with E-state index in [2.05, 4.69) is 15.8 Å². The van der Waals surface area contributed by atoms with Gasteiger partial charge in [0.2, 0.25) is 0 Å². The molecule has 2 amide bonds. The molecule has 0 unspecified atom stereocenters. The lowest BCUT2D eigenvalue weighted by molar-refractivity contribution is 0.0954. The Bertz CT molecular complexity index is 1040. The van der Waals surface area contributed by atoms with Gasteiger partial charge in [-0.3, -0.25) is 9.59 Å². The number of hydrazone groups is 1. The van der Waals surface area contributed by atoms with Gasteiger partial charge in [-0.05, 0) is 54.5 Å². The monoisotopic (exact) mass is 383 g/mol. The van der Waals surface area contributed by atoms with E-state index in [0.717, 1.165) is 11.1 Å². The number of rotatable bonds is 6. The summed E-state index contributed by atoms with van der Waals surface area (Å²) < 4.78 is 0. The highest BCUT2D eigenvalue weighted by molar-refractivity contribution is 6.05. The molecule has 5 nitrogen and oxygen atoms in total. The van der Waals surface area contributed by atoms with Crippen molar-refractivity contribution in [3.8, 4) is 0 Å². The normalized spacial score (nSPS) is 10.9. The fourth-order valence-corrected chi connectivity index (χ4v) is 2.65. The zero-order valence-electron chi connectivity index (χ0n) is 16.0. The molecule has 5 heteroatoms. The van der Waals surface area contributed by atoms with Crippen LogP contribution >= 0.6 is 0 Å². The van der Waals surface area contributed by atoms with Gasteiger partial charge in [0.1, 0.15) is 0 Å². The number of hydrogen-bond acceptors (Lipinski definition) is 3. The average Bonchev–Trinajstić information content (AvgIpc) is 2.75. The first-order chi connectivity index (χ1) is 14.1. The lowest BCUT2D eigenvalue weighted by Crippen LogP contribution is -2.17. The molecule has 0 aliphatic carbocycles. The minimum absolute atomic E-state index is 0.185. The maximum atomic E-state index is 12.3. The molecule has 0 aromatic heterocycles. The molecule has 0 radical (unpaired) electrons. The number of allylic oxidation sites excluding steroid dienone is 1.